The van der Waals surface area contributed by atoms with Crippen LogP contribution in [0.15, 0.2) is 54.6 Å². The van der Waals surface area contributed by atoms with Crippen LogP contribution in [0.1, 0.15) is 0 Å². The number of aromatic nitrogens is 2. The summed E-state index contributed by atoms with van der Waals surface area (Å²) in [6.45, 7) is 1.43. The van der Waals surface area contributed by atoms with Gasteiger partial charge in [0.1, 0.15) is 23.1 Å². The molecule has 3 aromatic rings. The van der Waals surface area contributed by atoms with Crippen molar-refractivity contribution in [2.75, 3.05) is 37.8 Å². The highest BCUT2D eigenvalue weighted by molar-refractivity contribution is 5.67. The predicted molar refractivity (Wildman–Crippen MR) is 104 cm³/mol. The van der Waals surface area contributed by atoms with Crippen molar-refractivity contribution in [3.8, 4) is 11.3 Å². The number of hydrogen-bond donors (Lipinski definition) is 2. The molecule has 0 aliphatic heterocycles. The van der Waals surface area contributed by atoms with Crippen molar-refractivity contribution in [3.05, 3.63) is 66.2 Å². The zero-order chi connectivity index (χ0) is 19.2. The molecule has 0 amide bonds. The molecular weight excluding hydrogens is 348 g/mol. The first-order chi connectivity index (χ1) is 13.0. The lowest BCUT2D eigenvalue weighted by molar-refractivity contribution is 0.425. The fourth-order valence-corrected chi connectivity index (χ4v) is 2.48. The normalized spacial score (nSPS) is 10.9. The Hall–Kier alpha value is -3.06. The molecule has 1 heterocycles. The minimum Gasteiger partial charge on any atom is -0.353 e. The maximum absolute atomic E-state index is 14.0. The Balaban J connectivity index is 1.94. The van der Waals surface area contributed by atoms with Crippen LogP contribution in [-0.2, 0) is 0 Å². The van der Waals surface area contributed by atoms with E-state index in [0.717, 1.165) is 12.1 Å². The quantitative estimate of drug-likeness (QED) is 0.656. The van der Waals surface area contributed by atoms with E-state index in [-0.39, 0.29) is 5.69 Å². The van der Waals surface area contributed by atoms with Crippen LogP contribution >= 0.6 is 0 Å². The Morgan fingerprint density at radius 1 is 0.926 bits per heavy atom. The second kappa shape index (κ2) is 8.55. The first kappa shape index (κ1) is 18.7. The molecule has 0 bridgehead atoms. The molecule has 0 atom stereocenters. The summed E-state index contributed by atoms with van der Waals surface area (Å²) in [5.41, 5.74) is 1.29. The molecule has 7 heteroatoms. The summed E-state index contributed by atoms with van der Waals surface area (Å²) >= 11 is 0. The number of likely N-dealkylation sites (N-methyl/N-ethyl adjacent to an activating group) is 1. The van der Waals surface area contributed by atoms with Crippen molar-refractivity contribution >= 4 is 17.5 Å². The van der Waals surface area contributed by atoms with Gasteiger partial charge in [0.25, 0.3) is 0 Å². The molecule has 0 aliphatic rings. The molecule has 0 fully saturated rings. The molecule has 2 aromatic carbocycles. The highest BCUT2D eigenvalue weighted by Crippen LogP contribution is 2.26. The Morgan fingerprint density at radius 2 is 1.63 bits per heavy atom. The summed E-state index contributed by atoms with van der Waals surface area (Å²) in [4.78, 5) is 10.9. The van der Waals surface area contributed by atoms with Gasteiger partial charge >= 0.3 is 0 Å². The molecule has 2 N–H and O–H groups in total. The third-order valence-electron chi connectivity index (χ3n) is 3.85. The summed E-state index contributed by atoms with van der Waals surface area (Å²) in [5.74, 6) is -0.674. The van der Waals surface area contributed by atoms with Crippen molar-refractivity contribution < 1.29 is 8.78 Å². The summed E-state index contributed by atoms with van der Waals surface area (Å²) in [6.07, 6.45) is 0. The van der Waals surface area contributed by atoms with E-state index in [1.54, 1.807) is 6.07 Å². The van der Waals surface area contributed by atoms with Crippen LogP contribution in [0.25, 0.3) is 11.3 Å². The maximum atomic E-state index is 14.0. The van der Waals surface area contributed by atoms with E-state index in [1.165, 1.54) is 18.2 Å². The van der Waals surface area contributed by atoms with E-state index >= 15 is 0 Å². The van der Waals surface area contributed by atoms with Gasteiger partial charge in [-0.15, -0.1) is 0 Å². The van der Waals surface area contributed by atoms with Crippen LogP contribution in [0.2, 0.25) is 0 Å². The van der Waals surface area contributed by atoms with Crippen molar-refractivity contribution in [3.63, 3.8) is 0 Å². The topological polar surface area (TPSA) is 53.1 Å². The lowest BCUT2D eigenvalue weighted by Gasteiger charge is -2.14. The summed E-state index contributed by atoms with van der Waals surface area (Å²) in [5, 5.41) is 5.89. The first-order valence-electron chi connectivity index (χ1n) is 8.57. The molecule has 0 unspecified atom stereocenters. The van der Waals surface area contributed by atoms with Gasteiger partial charge in [-0.2, -0.15) is 4.98 Å². The van der Waals surface area contributed by atoms with Crippen molar-refractivity contribution in [2.45, 2.75) is 0 Å². The standard InChI is InChI=1S/C20H21F2N5/c1-27(2)12-11-23-20-24-17(14-7-4-3-5-8-14)13-18(26-20)25-19-15(21)9-6-10-16(19)22/h3-10,13H,11-12H2,1-2H3,(H2,23,24,25,26). The average Bonchev–Trinajstić information content (AvgIpc) is 2.65. The van der Waals surface area contributed by atoms with Crippen LogP contribution in [0.5, 0.6) is 0 Å². The number of hydrogen-bond acceptors (Lipinski definition) is 5. The van der Waals surface area contributed by atoms with Gasteiger partial charge in [0, 0.05) is 24.7 Å². The SMILES string of the molecule is CN(C)CCNc1nc(Nc2c(F)cccc2F)cc(-c2ccccc2)n1. The molecule has 0 radical (unpaired) electrons. The molecule has 0 saturated carbocycles. The monoisotopic (exact) mass is 369 g/mol. The van der Waals surface area contributed by atoms with Crippen molar-refractivity contribution in [1.82, 2.24) is 14.9 Å². The molecule has 140 valence electrons. The predicted octanol–water partition coefficient (Wildman–Crippen LogP) is 4.14. The number of benzene rings is 2. The highest BCUT2D eigenvalue weighted by atomic mass is 19.1. The molecule has 0 saturated heterocycles. The third kappa shape index (κ3) is 4.98. The van der Waals surface area contributed by atoms with Gasteiger partial charge in [0.2, 0.25) is 5.95 Å². The molecule has 0 aliphatic carbocycles. The number of anilines is 3. The number of halogens is 2. The van der Waals surface area contributed by atoms with Crippen molar-refractivity contribution in [2.24, 2.45) is 0 Å². The smallest absolute Gasteiger partial charge is 0.225 e. The van der Waals surface area contributed by atoms with E-state index in [2.05, 4.69) is 20.6 Å². The lowest BCUT2D eigenvalue weighted by Crippen LogP contribution is -2.21. The van der Waals surface area contributed by atoms with E-state index < -0.39 is 11.6 Å². The van der Waals surface area contributed by atoms with Gasteiger partial charge in [0.05, 0.1) is 5.69 Å². The fourth-order valence-electron chi connectivity index (χ4n) is 2.48. The minimum absolute atomic E-state index is 0.241. The molecule has 27 heavy (non-hydrogen) atoms. The second-order valence-corrected chi connectivity index (χ2v) is 6.28. The zero-order valence-corrected chi connectivity index (χ0v) is 15.2. The molecule has 5 nitrogen and oxygen atoms in total. The fraction of sp³-hybridized carbons (Fsp3) is 0.200. The largest absolute Gasteiger partial charge is 0.353 e. The van der Waals surface area contributed by atoms with Crippen LogP contribution in [-0.4, -0.2) is 42.1 Å². The Kier molecular flexibility index (Phi) is 5.93. The van der Waals surface area contributed by atoms with Gasteiger partial charge in [-0.25, -0.2) is 13.8 Å². The van der Waals surface area contributed by atoms with Crippen LogP contribution in [0.3, 0.4) is 0 Å². The molecule has 3 rings (SSSR count). The summed E-state index contributed by atoms with van der Waals surface area (Å²) in [6, 6.07) is 14.9. The zero-order valence-electron chi connectivity index (χ0n) is 15.2. The maximum Gasteiger partial charge on any atom is 0.225 e. The number of nitrogens with one attached hydrogen (secondary N) is 2. The van der Waals surface area contributed by atoms with Gasteiger partial charge in [-0.1, -0.05) is 36.4 Å². The number of para-hydroxylation sites is 1. The highest BCUT2D eigenvalue weighted by Gasteiger charge is 2.12. The Bertz CT molecular complexity index is 880. The van der Waals surface area contributed by atoms with Gasteiger partial charge in [-0.05, 0) is 26.2 Å². The van der Waals surface area contributed by atoms with E-state index in [0.29, 0.717) is 24.0 Å². The summed E-state index contributed by atoms with van der Waals surface area (Å²) in [7, 11) is 3.94. The lowest BCUT2D eigenvalue weighted by atomic mass is 10.1. The van der Waals surface area contributed by atoms with E-state index in [4.69, 9.17) is 0 Å². The number of rotatable bonds is 7. The molecular formula is C20H21F2N5. The van der Waals surface area contributed by atoms with Crippen LogP contribution in [0.4, 0.5) is 26.2 Å². The Morgan fingerprint density at radius 3 is 2.30 bits per heavy atom. The Labute approximate surface area is 157 Å². The molecule has 1 aromatic heterocycles. The second-order valence-electron chi connectivity index (χ2n) is 6.28. The third-order valence-corrected chi connectivity index (χ3v) is 3.85. The minimum atomic E-state index is -0.683. The average molecular weight is 369 g/mol. The van der Waals surface area contributed by atoms with Gasteiger partial charge in [0.15, 0.2) is 0 Å². The van der Waals surface area contributed by atoms with Gasteiger partial charge in [-0.3, -0.25) is 0 Å². The van der Waals surface area contributed by atoms with E-state index in [1.807, 2.05) is 49.3 Å². The first-order valence-corrected chi connectivity index (χ1v) is 8.57. The summed E-state index contributed by atoms with van der Waals surface area (Å²) < 4.78 is 28.0. The van der Waals surface area contributed by atoms with Crippen molar-refractivity contribution in [1.29, 1.82) is 0 Å². The number of nitrogens with zero attached hydrogens (tertiary/aromatic N) is 3. The van der Waals surface area contributed by atoms with E-state index in [9.17, 15) is 8.78 Å². The van der Waals surface area contributed by atoms with Crippen LogP contribution in [0, 0.1) is 11.6 Å². The van der Waals surface area contributed by atoms with Gasteiger partial charge < -0.3 is 15.5 Å². The van der Waals surface area contributed by atoms with Crippen LogP contribution < -0.4 is 10.6 Å². The molecule has 0 spiro atoms.